The molecule has 0 saturated carbocycles. The Labute approximate surface area is 180 Å². The molecule has 0 spiro atoms. The summed E-state index contributed by atoms with van der Waals surface area (Å²) in [6, 6.07) is 16.5. The van der Waals surface area contributed by atoms with E-state index in [1.165, 1.54) is 44.9 Å². The maximum Gasteiger partial charge on any atom is 0.343 e. The molecule has 0 amide bonds. The largest absolute Gasteiger partial charge is 0.494 e. The number of rotatable bonds is 14. The number of carbonyl (C=O) groups excluding carboxylic acids is 1. The third-order valence-electron chi connectivity index (χ3n) is 5.02. The Morgan fingerprint density at radius 3 is 2.07 bits per heavy atom. The SMILES string of the molecule is CCCCCCCCCCOc1ccc(C(=O)Oc2ccc(CCC#N)cc2)cc1. The normalized spacial score (nSPS) is 10.4. The van der Waals surface area contributed by atoms with Gasteiger partial charge in [0.15, 0.2) is 0 Å². The van der Waals surface area contributed by atoms with Gasteiger partial charge >= 0.3 is 5.97 Å². The molecular formula is C26H33NO3. The number of aryl methyl sites for hydroxylation is 1. The monoisotopic (exact) mass is 407 g/mol. The lowest BCUT2D eigenvalue weighted by Crippen LogP contribution is -2.08. The molecule has 0 unspecified atom stereocenters. The van der Waals surface area contributed by atoms with Crippen molar-refractivity contribution in [3.63, 3.8) is 0 Å². The average Bonchev–Trinajstić information content (AvgIpc) is 2.78. The molecule has 0 aliphatic heterocycles. The summed E-state index contributed by atoms with van der Waals surface area (Å²) in [6.07, 6.45) is 11.4. The fourth-order valence-electron chi connectivity index (χ4n) is 3.20. The molecule has 0 bridgehead atoms. The standard InChI is InChI=1S/C26H33NO3/c1-2-3-4-5-6-7-8-9-21-29-24-18-14-23(15-19-24)26(28)30-25-16-12-22(13-17-25)11-10-20-27/h12-19H,2-11,21H2,1H3. The first-order valence-corrected chi connectivity index (χ1v) is 11.1. The van der Waals surface area contributed by atoms with Crippen molar-refractivity contribution in [3.05, 3.63) is 59.7 Å². The second kappa shape index (κ2) is 14.2. The summed E-state index contributed by atoms with van der Waals surface area (Å²) in [7, 11) is 0. The smallest absolute Gasteiger partial charge is 0.343 e. The molecule has 160 valence electrons. The second-order valence-corrected chi connectivity index (χ2v) is 7.54. The van der Waals surface area contributed by atoms with Gasteiger partial charge in [-0.2, -0.15) is 5.26 Å². The average molecular weight is 408 g/mol. The minimum absolute atomic E-state index is 0.394. The van der Waals surface area contributed by atoms with Crippen LogP contribution in [-0.2, 0) is 6.42 Å². The maximum absolute atomic E-state index is 12.3. The van der Waals surface area contributed by atoms with Crippen molar-refractivity contribution in [2.75, 3.05) is 6.61 Å². The van der Waals surface area contributed by atoms with Crippen LogP contribution in [0.3, 0.4) is 0 Å². The van der Waals surface area contributed by atoms with Crippen LogP contribution in [0.5, 0.6) is 11.5 Å². The lowest BCUT2D eigenvalue weighted by atomic mass is 10.1. The highest BCUT2D eigenvalue weighted by molar-refractivity contribution is 5.91. The highest BCUT2D eigenvalue weighted by atomic mass is 16.5. The van der Waals surface area contributed by atoms with Crippen LogP contribution in [0.2, 0.25) is 0 Å². The van der Waals surface area contributed by atoms with Crippen molar-refractivity contribution in [2.24, 2.45) is 0 Å². The lowest BCUT2D eigenvalue weighted by molar-refractivity contribution is 0.0734. The predicted octanol–water partition coefficient (Wildman–Crippen LogP) is 6.88. The Kier molecular flexibility index (Phi) is 11.1. The van der Waals surface area contributed by atoms with Gasteiger partial charge in [-0.15, -0.1) is 0 Å². The van der Waals surface area contributed by atoms with Gasteiger partial charge < -0.3 is 9.47 Å². The fourth-order valence-corrected chi connectivity index (χ4v) is 3.20. The lowest BCUT2D eigenvalue weighted by Gasteiger charge is -2.08. The summed E-state index contributed by atoms with van der Waals surface area (Å²) in [4.78, 5) is 12.3. The number of benzene rings is 2. The van der Waals surface area contributed by atoms with Crippen LogP contribution in [0.4, 0.5) is 0 Å². The number of esters is 1. The molecule has 0 aliphatic rings. The number of ether oxygens (including phenoxy) is 2. The Balaban J connectivity index is 1.67. The number of nitrogens with zero attached hydrogens (tertiary/aromatic N) is 1. The Morgan fingerprint density at radius 1 is 0.833 bits per heavy atom. The van der Waals surface area contributed by atoms with Crippen molar-refractivity contribution in [1.29, 1.82) is 5.26 Å². The van der Waals surface area contributed by atoms with E-state index < -0.39 is 5.97 Å². The van der Waals surface area contributed by atoms with Crippen LogP contribution in [0.1, 0.15) is 80.6 Å². The molecule has 30 heavy (non-hydrogen) atoms. The first-order chi connectivity index (χ1) is 14.7. The number of carbonyl (C=O) groups is 1. The molecule has 0 atom stereocenters. The predicted molar refractivity (Wildman–Crippen MR) is 120 cm³/mol. The number of unbranched alkanes of at least 4 members (excludes halogenated alkanes) is 7. The number of hydrogen-bond donors (Lipinski definition) is 0. The summed E-state index contributed by atoms with van der Waals surface area (Å²) < 4.78 is 11.2. The van der Waals surface area contributed by atoms with E-state index in [-0.39, 0.29) is 0 Å². The molecule has 0 radical (unpaired) electrons. The molecule has 0 aromatic heterocycles. The van der Waals surface area contributed by atoms with Gasteiger partial charge in [-0.25, -0.2) is 4.79 Å². The minimum Gasteiger partial charge on any atom is -0.494 e. The minimum atomic E-state index is -0.394. The highest BCUT2D eigenvalue weighted by Gasteiger charge is 2.09. The number of nitriles is 1. The summed E-state index contributed by atoms with van der Waals surface area (Å²) in [5.74, 6) is 0.876. The van der Waals surface area contributed by atoms with E-state index in [9.17, 15) is 4.79 Å². The van der Waals surface area contributed by atoms with Crippen molar-refractivity contribution in [1.82, 2.24) is 0 Å². The summed E-state index contributed by atoms with van der Waals surface area (Å²) in [6.45, 7) is 2.95. The molecule has 0 heterocycles. The fraction of sp³-hybridized carbons (Fsp3) is 0.462. The highest BCUT2D eigenvalue weighted by Crippen LogP contribution is 2.18. The van der Waals surface area contributed by atoms with Gasteiger partial charge in [-0.3, -0.25) is 0 Å². The molecule has 2 aromatic carbocycles. The van der Waals surface area contributed by atoms with E-state index in [0.717, 1.165) is 17.7 Å². The first-order valence-electron chi connectivity index (χ1n) is 11.1. The van der Waals surface area contributed by atoms with Crippen LogP contribution in [0.25, 0.3) is 0 Å². The third kappa shape index (κ3) is 9.13. The van der Waals surface area contributed by atoms with E-state index in [0.29, 0.717) is 30.8 Å². The second-order valence-electron chi connectivity index (χ2n) is 7.54. The Morgan fingerprint density at radius 2 is 1.43 bits per heavy atom. The molecule has 0 aliphatic carbocycles. The van der Waals surface area contributed by atoms with Crippen LogP contribution < -0.4 is 9.47 Å². The molecular weight excluding hydrogens is 374 g/mol. The van der Waals surface area contributed by atoms with E-state index in [4.69, 9.17) is 14.7 Å². The Bertz CT molecular complexity index is 775. The maximum atomic E-state index is 12.3. The van der Waals surface area contributed by atoms with Crippen LogP contribution in [0, 0.1) is 11.3 Å². The van der Waals surface area contributed by atoms with E-state index in [1.54, 1.807) is 24.3 Å². The van der Waals surface area contributed by atoms with Gasteiger partial charge in [0.1, 0.15) is 11.5 Å². The topological polar surface area (TPSA) is 59.3 Å². The van der Waals surface area contributed by atoms with Gasteiger partial charge in [0.25, 0.3) is 0 Å². The van der Waals surface area contributed by atoms with Gasteiger partial charge in [0, 0.05) is 6.42 Å². The molecule has 0 saturated heterocycles. The zero-order valence-corrected chi connectivity index (χ0v) is 18.1. The van der Waals surface area contributed by atoms with Crippen molar-refractivity contribution in [3.8, 4) is 17.6 Å². The van der Waals surface area contributed by atoms with E-state index in [2.05, 4.69) is 13.0 Å². The summed E-state index contributed by atoms with van der Waals surface area (Å²) >= 11 is 0. The van der Waals surface area contributed by atoms with E-state index in [1.807, 2.05) is 24.3 Å². The van der Waals surface area contributed by atoms with Crippen molar-refractivity contribution >= 4 is 5.97 Å². The Hall–Kier alpha value is -2.80. The van der Waals surface area contributed by atoms with Gasteiger partial charge in [-0.05, 0) is 54.8 Å². The first kappa shape index (κ1) is 23.5. The molecule has 2 rings (SSSR count). The molecule has 2 aromatic rings. The van der Waals surface area contributed by atoms with Gasteiger partial charge in [0.2, 0.25) is 0 Å². The zero-order valence-electron chi connectivity index (χ0n) is 18.1. The summed E-state index contributed by atoms with van der Waals surface area (Å²) in [5, 5.41) is 8.63. The van der Waals surface area contributed by atoms with Gasteiger partial charge in [0.05, 0.1) is 18.2 Å². The number of hydrogen-bond acceptors (Lipinski definition) is 4. The molecule has 0 fully saturated rings. The van der Waals surface area contributed by atoms with Crippen LogP contribution >= 0.6 is 0 Å². The zero-order chi connectivity index (χ0) is 21.4. The van der Waals surface area contributed by atoms with Gasteiger partial charge in [-0.1, -0.05) is 64.0 Å². The quantitative estimate of drug-likeness (QED) is 0.194. The third-order valence-corrected chi connectivity index (χ3v) is 5.02. The molecule has 0 N–H and O–H groups in total. The van der Waals surface area contributed by atoms with Crippen molar-refractivity contribution < 1.29 is 14.3 Å². The van der Waals surface area contributed by atoms with Crippen LogP contribution in [-0.4, -0.2) is 12.6 Å². The molecule has 4 heteroatoms. The van der Waals surface area contributed by atoms with Crippen molar-refractivity contribution in [2.45, 2.75) is 71.1 Å². The van der Waals surface area contributed by atoms with E-state index >= 15 is 0 Å². The van der Waals surface area contributed by atoms with Crippen LogP contribution in [0.15, 0.2) is 48.5 Å². The molecule has 4 nitrogen and oxygen atoms in total. The summed E-state index contributed by atoms with van der Waals surface area (Å²) in [5.41, 5.74) is 1.54.